The zero-order valence-corrected chi connectivity index (χ0v) is 11.9. The first kappa shape index (κ1) is 13.1. The van der Waals surface area contributed by atoms with Crippen molar-refractivity contribution in [2.45, 2.75) is 13.1 Å². The number of benzene rings is 1. The molecule has 0 aliphatic carbocycles. The third-order valence-electron chi connectivity index (χ3n) is 2.55. The van der Waals surface area contributed by atoms with Gasteiger partial charge in [0.2, 0.25) is 0 Å². The van der Waals surface area contributed by atoms with Crippen LogP contribution in [0.15, 0.2) is 41.1 Å². The Kier molecular flexibility index (Phi) is 4.78. The van der Waals surface area contributed by atoms with Gasteiger partial charge in [0.1, 0.15) is 18.2 Å². The summed E-state index contributed by atoms with van der Waals surface area (Å²) in [4.78, 5) is 4.28. The summed E-state index contributed by atoms with van der Waals surface area (Å²) >= 11 is 3.40. The van der Waals surface area contributed by atoms with Gasteiger partial charge in [-0.05, 0) is 31.3 Å². The minimum Gasteiger partial charge on any atom is -0.492 e. The quantitative estimate of drug-likeness (QED) is 0.891. The number of hydrogen-bond acceptors (Lipinski definition) is 3. The van der Waals surface area contributed by atoms with Gasteiger partial charge in [-0.2, -0.15) is 0 Å². The van der Waals surface area contributed by atoms with Crippen molar-refractivity contribution in [3.05, 3.63) is 47.0 Å². The first-order valence-electron chi connectivity index (χ1n) is 5.82. The molecule has 0 saturated heterocycles. The van der Waals surface area contributed by atoms with E-state index in [9.17, 15) is 0 Å². The molecule has 0 fully saturated rings. The highest BCUT2D eigenvalue weighted by Crippen LogP contribution is 2.16. The van der Waals surface area contributed by atoms with Crippen molar-refractivity contribution in [2.24, 2.45) is 0 Å². The molecule has 2 aromatic rings. The molecule has 96 valence electrons. The topological polar surface area (TPSA) is 39.1 Å². The molecular formula is C13H16BrN3O. The molecule has 2 rings (SSSR count). The van der Waals surface area contributed by atoms with Gasteiger partial charge < -0.3 is 14.6 Å². The van der Waals surface area contributed by atoms with Crippen molar-refractivity contribution in [1.29, 1.82) is 0 Å². The highest BCUT2D eigenvalue weighted by atomic mass is 79.9. The Bertz CT molecular complexity index is 481. The predicted octanol–water partition coefficient (Wildman–Crippen LogP) is 2.44. The van der Waals surface area contributed by atoms with Crippen molar-refractivity contribution in [3.63, 3.8) is 0 Å². The van der Waals surface area contributed by atoms with Crippen LogP contribution in [-0.4, -0.2) is 23.2 Å². The van der Waals surface area contributed by atoms with Crippen molar-refractivity contribution in [1.82, 2.24) is 14.9 Å². The molecule has 1 N–H and O–H groups in total. The maximum absolute atomic E-state index is 5.68. The maximum atomic E-state index is 5.68. The molecule has 0 spiro atoms. The van der Waals surface area contributed by atoms with Crippen LogP contribution in [0.2, 0.25) is 0 Å². The predicted molar refractivity (Wildman–Crippen MR) is 74.6 cm³/mol. The summed E-state index contributed by atoms with van der Waals surface area (Å²) in [5, 5.41) is 3.10. The zero-order valence-electron chi connectivity index (χ0n) is 10.3. The highest BCUT2D eigenvalue weighted by Gasteiger charge is 2.01. The lowest BCUT2D eigenvalue weighted by atomic mass is 10.3. The standard InChI is InChI=1S/C13H16BrN3O/c1-15-10-13-16-6-7-17(13)8-9-18-12-4-2-11(14)3-5-12/h2-7,15H,8-10H2,1H3. The van der Waals surface area contributed by atoms with Crippen LogP contribution in [0.3, 0.4) is 0 Å². The summed E-state index contributed by atoms with van der Waals surface area (Å²) in [5.74, 6) is 1.91. The molecule has 0 aliphatic heterocycles. The van der Waals surface area contributed by atoms with E-state index < -0.39 is 0 Å². The number of nitrogens with zero attached hydrogens (tertiary/aromatic N) is 2. The summed E-state index contributed by atoms with van der Waals surface area (Å²) < 4.78 is 8.83. The first-order chi connectivity index (χ1) is 8.79. The number of imidazole rings is 1. The van der Waals surface area contributed by atoms with Gasteiger partial charge in [-0.25, -0.2) is 4.98 Å². The minimum atomic E-state index is 0.634. The van der Waals surface area contributed by atoms with Gasteiger partial charge in [0.15, 0.2) is 0 Å². The molecule has 0 amide bonds. The maximum Gasteiger partial charge on any atom is 0.122 e. The second-order valence-corrected chi connectivity index (χ2v) is 4.79. The van der Waals surface area contributed by atoms with E-state index in [-0.39, 0.29) is 0 Å². The normalized spacial score (nSPS) is 10.6. The van der Waals surface area contributed by atoms with Gasteiger partial charge in [0.25, 0.3) is 0 Å². The molecular weight excluding hydrogens is 294 g/mol. The molecule has 0 bridgehead atoms. The lowest BCUT2D eigenvalue weighted by Crippen LogP contribution is -2.15. The van der Waals surface area contributed by atoms with Crippen LogP contribution < -0.4 is 10.1 Å². The van der Waals surface area contributed by atoms with Crippen molar-refractivity contribution < 1.29 is 4.74 Å². The fourth-order valence-electron chi connectivity index (χ4n) is 1.66. The average molecular weight is 310 g/mol. The first-order valence-corrected chi connectivity index (χ1v) is 6.62. The van der Waals surface area contributed by atoms with Crippen LogP contribution in [-0.2, 0) is 13.1 Å². The van der Waals surface area contributed by atoms with Crippen molar-refractivity contribution >= 4 is 15.9 Å². The summed E-state index contributed by atoms with van der Waals surface area (Å²) in [7, 11) is 1.91. The summed E-state index contributed by atoms with van der Waals surface area (Å²) in [6, 6.07) is 7.84. The molecule has 5 heteroatoms. The van der Waals surface area contributed by atoms with Crippen molar-refractivity contribution in [2.75, 3.05) is 13.7 Å². The Morgan fingerprint density at radius 3 is 2.83 bits per heavy atom. The van der Waals surface area contributed by atoms with Gasteiger partial charge in [-0.1, -0.05) is 15.9 Å². The number of halogens is 1. The van der Waals surface area contributed by atoms with Crippen LogP contribution in [0.5, 0.6) is 5.75 Å². The second kappa shape index (κ2) is 6.56. The van der Waals surface area contributed by atoms with E-state index in [0.717, 1.165) is 29.1 Å². The average Bonchev–Trinajstić information content (AvgIpc) is 2.80. The zero-order chi connectivity index (χ0) is 12.8. The highest BCUT2D eigenvalue weighted by molar-refractivity contribution is 9.10. The summed E-state index contributed by atoms with van der Waals surface area (Å²) in [6.45, 7) is 2.20. The second-order valence-electron chi connectivity index (χ2n) is 3.87. The fraction of sp³-hybridized carbons (Fsp3) is 0.308. The Morgan fingerprint density at radius 1 is 1.33 bits per heavy atom. The van der Waals surface area contributed by atoms with Crippen LogP contribution in [0.4, 0.5) is 0 Å². The largest absolute Gasteiger partial charge is 0.492 e. The van der Waals surface area contributed by atoms with Gasteiger partial charge in [-0.3, -0.25) is 0 Å². The Hall–Kier alpha value is -1.33. The third kappa shape index (κ3) is 3.58. The molecule has 0 atom stereocenters. The number of ether oxygens (including phenoxy) is 1. The number of hydrogen-bond donors (Lipinski definition) is 1. The van der Waals surface area contributed by atoms with Gasteiger partial charge in [0.05, 0.1) is 13.1 Å². The lowest BCUT2D eigenvalue weighted by Gasteiger charge is -2.09. The fourth-order valence-corrected chi connectivity index (χ4v) is 1.93. The van der Waals surface area contributed by atoms with E-state index in [2.05, 4.69) is 30.8 Å². The van der Waals surface area contributed by atoms with E-state index in [1.54, 1.807) is 0 Å². The van der Waals surface area contributed by atoms with Crippen LogP contribution in [0.1, 0.15) is 5.82 Å². The van der Waals surface area contributed by atoms with E-state index >= 15 is 0 Å². The monoisotopic (exact) mass is 309 g/mol. The van der Waals surface area contributed by atoms with Crippen molar-refractivity contribution in [3.8, 4) is 5.75 Å². The Labute approximate surface area is 115 Å². The molecule has 4 nitrogen and oxygen atoms in total. The minimum absolute atomic E-state index is 0.634. The molecule has 18 heavy (non-hydrogen) atoms. The number of aromatic nitrogens is 2. The molecule has 0 saturated carbocycles. The Morgan fingerprint density at radius 2 is 2.11 bits per heavy atom. The van der Waals surface area contributed by atoms with Crippen LogP contribution >= 0.6 is 15.9 Å². The molecule has 1 aromatic carbocycles. The van der Waals surface area contributed by atoms with Gasteiger partial charge in [-0.15, -0.1) is 0 Å². The van der Waals surface area contributed by atoms with Gasteiger partial charge in [0, 0.05) is 16.9 Å². The van der Waals surface area contributed by atoms with Crippen LogP contribution in [0, 0.1) is 0 Å². The van der Waals surface area contributed by atoms with E-state index in [0.29, 0.717) is 6.61 Å². The summed E-state index contributed by atoms with van der Waals surface area (Å²) in [5.41, 5.74) is 0. The smallest absolute Gasteiger partial charge is 0.122 e. The lowest BCUT2D eigenvalue weighted by molar-refractivity contribution is 0.296. The molecule has 0 unspecified atom stereocenters. The third-order valence-corrected chi connectivity index (χ3v) is 3.08. The summed E-state index contributed by atoms with van der Waals surface area (Å²) in [6.07, 6.45) is 3.78. The van der Waals surface area contributed by atoms with E-state index in [4.69, 9.17) is 4.74 Å². The van der Waals surface area contributed by atoms with Gasteiger partial charge >= 0.3 is 0 Å². The number of rotatable bonds is 6. The van der Waals surface area contributed by atoms with E-state index in [1.165, 1.54) is 0 Å². The van der Waals surface area contributed by atoms with Crippen LogP contribution in [0.25, 0.3) is 0 Å². The molecule has 1 heterocycles. The molecule has 0 radical (unpaired) electrons. The molecule has 1 aromatic heterocycles. The van der Waals surface area contributed by atoms with E-state index in [1.807, 2.05) is 43.7 Å². The SMILES string of the molecule is CNCc1nccn1CCOc1ccc(Br)cc1. The molecule has 0 aliphatic rings. The Balaban J connectivity index is 1.84. The number of nitrogens with one attached hydrogen (secondary N) is 1.